The first kappa shape index (κ1) is 16.8. The van der Waals surface area contributed by atoms with Crippen molar-refractivity contribution in [3.8, 4) is 0 Å². The third-order valence-electron chi connectivity index (χ3n) is 1.88. The van der Waals surface area contributed by atoms with Crippen LogP contribution in [0.2, 0.25) is 0 Å². The van der Waals surface area contributed by atoms with E-state index < -0.39 is 25.8 Å². The lowest BCUT2D eigenvalue weighted by atomic mass is 10.1. The van der Waals surface area contributed by atoms with Gasteiger partial charge in [-0.15, -0.1) is 0 Å². The summed E-state index contributed by atoms with van der Waals surface area (Å²) in [4.78, 5) is 32.2. The van der Waals surface area contributed by atoms with Crippen molar-refractivity contribution >= 4 is 19.5 Å². The van der Waals surface area contributed by atoms with Crippen molar-refractivity contribution in [3.05, 3.63) is 0 Å². The second-order valence-corrected chi connectivity index (χ2v) is 5.14. The number of carbonyl (C=O) groups is 1. The van der Waals surface area contributed by atoms with Gasteiger partial charge >= 0.3 is 7.60 Å². The van der Waals surface area contributed by atoms with E-state index in [1.807, 2.05) is 5.32 Å². The van der Waals surface area contributed by atoms with E-state index >= 15 is 0 Å². The monoisotopic (exact) mass is 283 g/mol. The summed E-state index contributed by atoms with van der Waals surface area (Å²) in [6, 6.07) is -0.981. The molecule has 0 aromatic carbocycles. The van der Waals surface area contributed by atoms with Crippen molar-refractivity contribution in [1.29, 1.82) is 0 Å². The Morgan fingerprint density at radius 1 is 1.39 bits per heavy atom. The number of nitrogens with one attached hydrogen (secondary N) is 2. The summed E-state index contributed by atoms with van der Waals surface area (Å²) in [5.41, 5.74) is 11.9. The van der Waals surface area contributed by atoms with Gasteiger partial charge in [-0.1, -0.05) is 0 Å². The molecule has 0 aliphatic rings. The molecule has 10 nitrogen and oxygen atoms in total. The molecule has 0 fully saturated rings. The van der Waals surface area contributed by atoms with Crippen molar-refractivity contribution in [2.75, 3.05) is 12.8 Å². The Balaban J connectivity index is 4.04. The van der Waals surface area contributed by atoms with Crippen LogP contribution in [-0.4, -0.2) is 45.7 Å². The predicted molar refractivity (Wildman–Crippen MR) is 63.7 cm³/mol. The van der Waals surface area contributed by atoms with Crippen LogP contribution in [0.4, 0.5) is 0 Å². The zero-order valence-electron chi connectivity index (χ0n) is 9.61. The summed E-state index contributed by atoms with van der Waals surface area (Å²) < 4.78 is 10.5. The molecule has 0 saturated carbocycles. The first-order valence-corrected chi connectivity index (χ1v) is 6.83. The maximum atomic E-state index is 11.4. The van der Waals surface area contributed by atoms with Crippen LogP contribution in [0.3, 0.4) is 0 Å². The number of hydrogen-bond acceptors (Lipinski definition) is 5. The fraction of sp³-hybridized carbons (Fsp3) is 0.714. The third kappa shape index (κ3) is 8.90. The van der Waals surface area contributed by atoms with E-state index in [0.29, 0.717) is 6.42 Å². The smallest absolute Gasteiger partial charge is 0.344 e. The molecule has 1 amide bonds. The molecule has 0 aliphatic heterocycles. The van der Waals surface area contributed by atoms with Gasteiger partial charge in [0.1, 0.15) is 12.3 Å². The van der Waals surface area contributed by atoms with Crippen LogP contribution < -0.4 is 22.3 Å². The van der Waals surface area contributed by atoms with Crippen molar-refractivity contribution < 1.29 is 24.4 Å². The number of carbonyl (C=O) groups excluding carboxylic acids is 1. The van der Waals surface area contributed by atoms with Crippen molar-refractivity contribution in [1.82, 2.24) is 10.8 Å². The molecule has 0 spiro atoms. The fourth-order valence-electron chi connectivity index (χ4n) is 1.06. The van der Waals surface area contributed by atoms with Gasteiger partial charge in [0.15, 0.2) is 5.96 Å². The highest BCUT2D eigenvalue weighted by Gasteiger charge is 2.20. The molecule has 0 saturated heterocycles. The summed E-state index contributed by atoms with van der Waals surface area (Å²) >= 11 is 0. The highest BCUT2D eigenvalue weighted by atomic mass is 31.2. The normalized spacial score (nSPS) is 12.8. The maximum absolute atomic E-state index is 11.4. The lowest BCUT2D eigenvalue weighted by molar-refractivity contribution is -0.125. The van der Waals surface area contributed by atoms with Crippen LogP contribution >= 0.6 is 7.60 Å². The molecule has 1 atom stereocenters. The summed E-state index contributed by atoms with van der Waals surface area (Å²) in [5, 5.41) is 10.8. The van der Waals surface area contributed by atoms with Gasteiger partial charge in [0, 0.05) is 6.54 Å². The maximum Gasteiger partial charge on any atom is 0.344 e. The van der Waals surface area contributed by atoms with Crippen LogP contribution in [0.15, 0.2) is 4.99 Å². The average Bonchev–Trinajstić information content (AvgIpc) is 2.24. The average molecular weight is 283 g/mol. The molecule has 0 heterocycles. The molecule has 0 unspecified atom stereocenters. The van der Waals surface area contributed by atoms with E-state index in [9.17, 15) is 9.36 Å². The predicted octanol–water partition coefficient (Wildman–Crippen LogP) is -2.36. The molecule has 9 N–H and O–H groups in total. The Morgan fingerprint density at radius 2 is 2.00 bits per heavy atom. The zero-order chi connectivity index (χ0) is 14.2. The second kappa shape index (κ2) is 8.01. The summed E-state index contributed by atoms with van der Waals surface area (Å²) in [7, 11) is -4.31. The molecule has 0 aromatic heterocycles. The van der Waals surface area contributed by atoms with Crippen molar-refractivity contribution in [3.63, 3.8) is 0 Å². The van der Waals surface area contributed by atoms with Crippen molar-refractivity contribution in [2.24, 2.45) is 16.5 Å². The number of guanidine groups is 1. The van der Waals surface area contributed by atoms with E-state index in [2.05, 4.69) is 4.99 Å². The number of nitrogens with zero attached hydrogens (tertiary/aromatic N) is 1. The van der Waals surface area contributed by atoms with Gasteiger partial charge < -0.3 is 31.8 Å². The number of amides is 1. The van der Waals surface area contributed by atoms with Gasteiger partial charge in [-0.25, -0.2) is 0 Å². The van der Waals surface area contributed by atoms with Gasteiger partial charge in [0.25, 0.3) is 0 Å². The number of aliphatic imine (C=N–C) groups is 1. The van der Waals surface area contributed by atoms with Crippen LogP contribution in [0.1, 0.15) is 12.8 Å². The number of nitrogens with two attached hydrogens (primary N) is 2. The highest BCUT2D eigenvalue weighted by molar-refractivity contribution is 7.51. The Morgan fingerprint density at radius 3 is 2.44 bits per heavy atom. The Kier molecular flexibility index (Phi) is 7.48. The van der Waals surface area contributed by atoms with Gasteiger partial charge in [0.2, 0.25) is 5.91 Å². The summed E-state index contributed by atoms with van der Waals surface area (Å²) in [5.74, 6) is -0.792. The second-order valence-electron chi connectivity index (χ2n) is 3.49. The van der Waals surface area contributed by atoms with Crippen molar-refractivity contribution in [2.45, 2.75) is 18.9 Å². The first-order valence-electron chi connectivity index (χ1n) is 5.03. The first-order chi connectivity index (χ1) is 8.26. The zero-order valence-corrected chi connectivity index (χ0v) is 10.5. The van der Waals surface area contributed by atoms with Crippen LogP contribution in [-0.2, 0) is 9.36 Å². The topological polar surface area (TPSA) is 183 Å². The minimum Gasteiger partial charge on any atom is -0.370 e. The molecule has 18 heavy (non-hydrogen) atoms. The minimum atomic E-state index is -4.31. The van der Waals surface area contributed by atoms with E-state index in [0.717, 1.165) is 0 Å². The standard InChI is InChI=1S/C7H18N5O5P/c8-7(9)10-3-1-2-5(12-14)6(13)11-4-18(15,16)17/h5,12,14H,1-4H2,(H,11,13)(H4,8,9,10)(H2,15,16,17)/t5-/m0/s1. The minimum absolute atomic E-state index is 0.0746. The van der Waals surface area contributed by atoms with E-state index in [1.165, 1.54) is 0 Å². The summed E-state index contributed by atoms with van der Waals surface area (Å²) in [6.07, 6.45) is -0.155. The SMILES string of the molecule is NC(N)=NCCC[C@H](NO)C(=O)NCP(=O)(O)O. The Hall–Kier alpha value is -1.19. The molecule has 0 rings (SSSR count). The summed E-state index contributed by atoms with van der Waals surface area (Å²) in [6.45, 7) is 0.284. The largest absolute Gasteiger partial charge is 0.370 e. The van der Waals surface area contributed by atoms with Crippen LogP contribution in [0.25, 0.3) is 0 Å². The Bertz CT molecular complexity index is 339. The highest BCUT2D eigenvalue weighted by Crippen LogP contribution is 2.31. The molecular formula is C7H18N5O5P. The van der Waals surface area contributed by atoms with E-state index in [-0.39, 0.29) is 18.9 Å². The lowest BCUT2D eigenvalue weighted by Crippen LogP contribution is -2.43. The van der Waals surface area contributed by atoms with Crippen LogP contribution in [0, 0.1) is 0 Å². The van der Waals surface area contributed by atoms with Gasteiger partial charge in [-0.05, 0) is 12.8 Å². The van der Waals surface area contributed by atoms with E-state index in [4.69, 9.17) is 26.5 Å². The fourth-order valence-corrected chi connectivity index (χ4v) is 1.42. The molecule has 106 valence electrons. The molecule has 0 aromatic rings. The van der Waals surface area contributed by atoms with Gasteiger partial charge in [-0.2, -0.15) is 5.48 Å². The Labute approximate surface area is 104 Å². The third-order valence-corrected chi connectivity index (χ3v) is 2.45. The van der Waals surface area contributed by atoms with Crippen LogP contribution in [0.5, 0.6) is 0 Å². The molecule has 11 heteroatoms. The quantitative estimate of drug-likeness (QED) is 0.0847. The van der Waals surface area contributed by atoms with E-state index in [1.54, 1.807) is 5.48 Å². The number of hydrogen-bond donors (Lipinski definition) is 7. The lowest BCUT2D eigenvalue weighted by Gasteiger charge is -2.14. The molecular weight excluding hydrogens is 265 g/mol. The molecule has 0 bridgehead atoms. The molecule has 0 aliphatic carbocycles. The molecule has 0 radical (unpaired) electrons. The number of rotatable bonds is 8. The van der Waals surface area contributed by atoms with Gasteiger partial charge in [0.05, 0.1) is 0 Å². The number of hydroxylamine groups is 1. The van der Waals surface area contributed by atoms with Gasteiger partial charge in [-0.3, -0.25) is 14.4 Å².